The fourth-order valence-corrected chi connectivity index (χ4v) is 3.13. The number of aliphatic hydroxyl groups is 1. The number of allylic oxidation sites excluding steroid dienone is 1. The Hall–Kier alpha value is -1.43. The van der Waals surface area contributed by atoms with Crippen LogP contribution < -0.4 is 4.90 Å². The van der Waals surface area contributed by atoms with Crippen LogP contribution in [0.4, 0.5) is 5.13 Å². The van der Waals surface area contributed by atoms with Gasteiger partial charge in [0.15, 0.2) is 11.4 Å². The van der Waals surface area contributed by atoms with E-state index in [4.69, 9.17) is 4.74 Å². The molecular formula is C16H22N2O2S. The van der Waals surface area contributed by atoms with Gasteiger partial charge in [-0.3, -0.25) is 0 Å². The highest BCUT2D eigenvalue weighted by Gasteiger charge is 2.12. The molecule has 0 spiro atoms. The summed E-state index contributed by atoms with van der Waals surface area (Å²) in [6.45, 7) is 2.84. The molecule has 114 valence electrons. The van der Waals surface area contributed by atoms with Gasteiger partial charge in [-0.1, -0.05) is 36.5 Å². The molecule has 0 fully saturated rings. The molecule has 1 N–H and O–H groups in total. The summed E-state index contributed by atoms with van der Waals surface area (Å²) in [5, 5.41) is 10.6. The summed E-state index contributed by atoms with van der Waals surface area (Å²) in [6.07, 6.45) is 2.87. The smallest absolute Gasteiger partial charge is 0.186 e. The predicted molar refractivity (Wildman–Crippen MR) is 88.9 cm³/mol. The van der Waals surface area contributed by atoms with Crippen molar-refractivity contribution in [2.45, 2.75) is 26.1 Å². The van der Waals surface area contributed by atoms with Gasteiger partial charge in [0.25, 0.3) is 0 Å². The van der Waals surface area contributed by atoms with Crippen molar-refractivity contribution in [3.63, 3.8) is 0 Å². The molecule has 1 heterocycles. The first-order valence-corrected chi connectivity index (χ1v) is 7.91. The number of benzene rings is 1. The molecule has 4 nitrogen and oxygen atoms in total. The van der Waals surface area contributed by atoms with Crippen molar-refractivity contribution in [3.05, 3.63) is 35.9 Å². The zero-order valence-electron chi connectivity index (χ0n) is 12.7. The zero-order chi connectivity index (χ0) is 15.2. The van der Waals surface area contributed by atoms with E-state index in [1.807, 2.05) is 25.2 Å². The standard InChI is InChI=1S/C16H22N2O2S/c1-4-7-12(10-15(19)20-3)11-18(2)16-17-13-8-5-6-9-14(13)21-16/h5-9,15,19H,4,10-11H2,1-3H3/b12-7+. The maximum atomic E-state index is 9.66. The number of methoxy groups -OCH3 is 1. The lowest BCUT2D eigenvalue weighted by Gasteiger charge is -2.19. The van der Waals surface area contributed by atoms with Gasteiger partial charge in [0, 0.05) is 27.1 Å². The average Bonchev–Trinajstić information content (AvgIpc) is 2.91. The maximum absolute atomic E-state index is 9.66. The number of fused-ring (bicyclic) bond motifs is 1. The summed E-state index contributed by atoms with van der Waals surface area (Å²) in [6, 6.07) is 8.15. The van der Waals surface area contributed by atoms with Crippen molar-refractivity contribution in [3.8, 4) is 0 Å². The highest BCUT2D eigenvalue weighted by molar-refractivity contribution is 7.22. The van der Waals surface area contributed by atoms with Gasteiger partial charge in [0.05, 0.1) is 10.2 Å². The second kappa shape index (κ2) is 7.54. The lowest BCUT2D eigenvalue weighted by Crippen LogP contribution is -2.22. The molecule has 2 rings (SSSR count). The van der Waals surface area contributed by atoms with E-state index in [1.165, 1.54) is 11.8 Å². The molecule has 0 aliphatic carbocycles. The number of rotatable bonds is 7. The Morgan fingerprint density at radius 3 is 2.90 bits per heavy atom. The second-order valence-corrected chi connectivity index (χ2v) is 5.99. The molecule has 0 amide bonds. The fourth-order valence-electron chi connectivity index (χ4n) is 2.20. The van der Waals surface area contributed by atoms with Crippen LogP contribution in [0.15, 0.2) is 35.9 Å². The molecule has 1 unspecified atom stereocenters. The number of para-hydroxylation sites is 1. The number of thiazole rings is 1. The van der Waals surface area contributed by atoms with Gasteiger partial charge in [-0.2, -0.15) is 0 Å². The number of anilines is 1. The predicted octanol–water partition coefficient (Wildman–Crippen LogP) is 3.42. The third-order valence-electron chi connectivity index (χ3n) is 3.25. The monoisotopic (exact) mass is 306 g/mol. The lowest BCUT2D eigenvalue weighted by atomic mass is 10.1. The Kier molecular flexibility index (Phi) is 5.73. The van der Waals surface area contributed by atoms with E-state index in [9.17, 15) is 5.11 Å². The summed E-state index contributed by atoms with van der Waals surface area (Å²) in [5.74, 6) is 0. The molecule has 0 saturated carbocycles. The Labute approximate surface area is 129 Å². The first-order chi connectivity index (χ1) is 10.1. The Morgan fingerprint density at radius 2 is 2.24 bits per heavy atom. The first kappa shape index (κ1) is 15.9. The summed E-state index contributed by atoms with van der Waals surface area (Å²) >= 11 is 1.68. The molecule has 0 aliphatic rings. The van der Waals surface area contributed by atoms with Crippen molar-refractivity contribution in [1.29, 1.82) is 0 Å². The van der Waals surface area contributed by atoms with Crippen molar-refractivity contribution >= 4 is 26.7 Å². The van der Waals surface area contributed by atoms with Crippen LogP contribution in [-0.4, -0.2) is 37.1 Å². The molecule has 1 atom stereocenters. The van der Waals surface area contributed by atoms with Gasteiger partial charge in [-0.05, 0) is 24.1 Å². The number of aromatic nitrogens is 1. The topological polar surface area (TPSA) is 45.6 Å². The quantitative estimate of drug-likeness (QED) is 0.629. The Balaban J connectivity index is 2.10. The number of aliphatic hydroxyl groups excluding tert-OH is 1. The summed E-state index contributed by atoms with van der Waals surface area (Å²) in [5.41, 5.74) is 2.19. The van der Waals surface area contributed by atoms with Gasteiger partial charge in [-0.15, -0.1) is 0 Å². The molecule has 2 aromatic rings. The molecule has 0 radical (unpaired) electrons. The third kappa shape index (κ3) is 4.27. The van der Waals surface area contributed by atoms with Crippen LogP contribution in [0.1, 0.15) is 19.8 Å². The largest absolute Gasteiger partial charge is 0.368 e. The normalized spacial score (nSPS) is 13.6. The summed E-state index contributed by atoms with van der Waals surface area (Å²) in [7, 11) is 3.55. The summed E-state index contributed by atoms with van der Waals surface area (Å²) in [4.78, 5) is 6.77. The summed E-state index contributed by atoms with van der Waals surface area (Å²) < 4.78 is 6.14. The lowest BCUT2D eigenvalue weighted by molar-refractivity contribution is -0.0721. The second-order valence-electron chi connectivity index (χ2n) is 4.99. The average molecular weight is 306 g/mol. The van der Waals surface area contributed by atoms with Crippen molar-refractivity contribution < 1.29 is 9.84 Å². The van der Waals surface area contributed by atoms with Crippen LogP contribution in [0, 0.1) is 0 Å². The molecule has 0 saturated heterocycles. The number of nitrogens with zero attached hydrogens (tertiary/aromatic N) is 2. The highest BCUT2D eigenvalue weighted by atomic mass is 32.1. The molecule has 5 heteroatoms. The van der Waals surface area contributed by atoms with Gasteiger partial charge >= 0.3 is 0 Å². The Bertz CT molecular complexity index is 576. The minimum absolute atomic E-state index is 0.527. The number of hydrogen-bond donors (Lipinski definition) is 1. The van der Waals surface area contributed by atoms with Crippen LogP contribution in [-0.2, 0) is 4.74 Å². The number of ether oxygens (including phenoxy) is 1. The third-order valence-corrected chi connectivity index (χ3v) is 4.40. The van der Waals surface area contributed by atoms with Crippen LogP contribution in [0.3, 0.4) is 0 Å². The van der Waals surface area contributed by atoms with Gasteiger partial charge in [0.1, 0.15) is 0 Å². The van der Waals surface area contributed by atoms with Crippen LogP contribution in [0.5, 0.6) is 0 Å². The zero-order valence-corrected chi connectivity index (χ0v) is 13.6. The van der Waals surface area contributed by atoms with E-state index < -0.39 is 6.29 Å². The van der Waals surface area contributed by atoms with E-state index in [0.29, 0.717) is 6.42 Å². The van der Waals surface area contributed by atoms with E-state index in [1.54, 1.807) is 11.3 Å². The van der Waals surface area contributed by atoms with Gasteiger partial charge in [-0.25, -0.2) is 4.98 Å². The van der Waals surface area contributed by atoms with Crippen molar-refractivity contribution in [2.75, 3.05) is 25.6 Å². The van der Waals surface area contributed by atoms with Crippen LogP contribution in [0.2, 0.25) is 0 Å². The molecule has 0 bridgehead atoms. The molecule has 21 heavy (non-hydrogen) atoms. The van der Waals surface area contributed by atoms with E-state index >= 15 is 0 Å². The van der Waals surface area contributed by atoms with Crippen LogP contribution in [0.25, 0.3) is 10.2 Å². The molecule has 1 aromatic carbocycles. The molecular weight excluding hydrogens is 284 g/mol. The number of hydrogen-bond acceptors (Lipinski definition) is 5. The number of likely N-dealkylation sites (N-methyl/N-ethyl adjacent to an activating group) is 1. The Morgan fingerprint density at radius 1 is 1.48 bits per heavy atom. The van der Waals surface area contributed by atoms with Crippen molar-refractivity contribution in [1.82, 2.24) is 4.98 Å². The molecule has 1 aromatic heterocycles. The maximum Gasteiger partial charge on any atom is 0.186 e. The first-order valence-electron chi connectivity index (χ1n) is 7.09. The van der Waals surface area contributed by atoms with Crippen molar-refractivity contribution in [2.24, 2.45) is 0 Å². The SMILES string of the molecule is CC/C=C(\CC(O)OC)CN(C)c1nc2ccccc2s1. The minimum Gasteiger partial charge on any atom is -0.368 e. The highest BCUT2D eigenvalue weighted by Crippen LogP contribution is 2.28. The van der Waals surface area contributed by atoms with E-state index in [-0.39, 0.29) is 0 Å². The van der Waals surface area contributed by atoms with E-state index in [2.05, 4.69) is 29.0 Å². The van der Waals surface area contributed by atoms with Gasteiger partial charge in [0.2, 0.25) is 0 Å². The van der Waals surface area contributed by atoms with Gasteiger partial charge < -0.3 is 14.7 Å². The minimum atomic E-state index is -0.744. The van der Waals surface area contributed by atoms with E-state index in [0.717, 1.165) is 29.2 Å². The fraction of sp³-hybridized carbons (Fsp3) is 0.438. The van der Waals surface area contributed by atoms with Crippen LogP contribution >= 0.6 is 11.3 Å². The molecule has 0 aliphatic heterocycles.